The summed E-state index contributed by atoms with van der Waals surface area (Å²) in [6, 6.07) is 8.28. The fourth-order valence-corrected chi connectivity index (χ4v) is 2.93. The van der Waals surface area contributed by atoms with Crippen molar-refractivity contribution in [3.05, 3.63) is 58.9 Å². The number of benzene rings is 1. The van der Waals surface area contributed by atoms with Gasteiger partial charge in [0.2, 0.25) is 0 Å². The number of thiazole rings is 1. The highest BCUT2D eigenvalue weighted by molar-refractivity contribution is 7.15. The molecule has 3 nitrogen and oxygen atoms in total. The predicted octanol–water partition coefficient (Wildman–Crippen LogP) is 2.95. The van der Waals surface area contributed by atoms with Gasteiger partial charge in [0, 0.05) is 30.2 Å². The van der Waals surface area contributed by atoms with E-state index in [2.05, 4.69) is 30.2 Å². The summed E-state index contributed by atoms with van der Waals surface area (Å²) in [4.78, 5) is 5.60. The summed E-state index contributed by atoms with van der Waals surface area (Å²) in [6.07, 6.45) is 4.86. The van der Waals surface area contributed by atoms with Gasteiger partial charge < -0.3 is 5.73 Å². The lowest BCUT2D eigenvalue weighted by atomic mass is 9.99. The number of rotatable bonds is 3. The van der Waals surface area contributed by atoms with E-state index in [0.29, 0.717) is 0 Å². The molecule has 0 bridgehead atoms. The molecule has 0 fully saturated rings. The molecule has 0 amide bonds. The summed E-state index contributed by atoms with van der Waals surface area (Å²) in [6.45, 7) is 2.10. The SMILES string of the molecule is Cc1ccccc1C(N)Cc1cn2ccsc2n1. The Kier molecular flexibility index (Phi) is 2.89. The van der Waals surface area contributed by atoms with Crippen LogP contribution in [0.25, 0.3) is 4.96 Å². The van der Waals surface area contributed by atoms with E-state index >= 15 is 0 Å². The van der Waals surface area contributed by atoms with Crippen molar-refractivity contribution in [3.8, 4) is 0 Å². The number of aromatic nitrogens is 2. The summed E-state index contributed by atoms with van der Waals surface area (Å²) in [7, 11) is 0. The van der Waals surface area contributed by atoms with Gasteiger partial charge in [-0.15, -0.1) is 11.3 Å². The highest BCUT2D eigenvalue weighted by Gasteiger charge is 2.11. The first kappa shape index (κ1) is 11.4. The molecule has 0 saturated heterocycles. The van der Waals surface area contributed by atoms with E-state index in [-0.39, 0.29) is 6.04 Å². The van der Waals surface area contributed by atoms with Gasteiger partial charge in [0.05, 0.1) is 5.69 Å². The van der Waals surface area contributed by atoms with E-state index < -0.39 is 0 Å². The number of imidazole rings is 1. The predicted molar refractivity (Wildman–Crippen MR) is 74.9 cm³/mol. The molecule has 1 atom stereocenters. The van der Waals surface area contributed by atoms with Gasteiger partial charge in [0.1, 0.15) is 0 Å². The molecule has 18 heavy (non-hydrogen) atoms. The molecule has 1 unspecified atom stereocenters. The minimum Gasteiger partial charge on any atom is -0.324 e. The molecule has 3 rings (SSSR count). The van der Waals surface area contributed by atoms with Crippen molar-refractivity contribution in [1.29, 1.82) is 0 Å². The summed E-state index contributed by atoms with van der Waals surface area (Å²) < 4.78 is 2.05. The monoisotopic (exact) mass is 257 g/mol. The molecule has 1 aromatic carbocycles. The molecule has 2 heterocycles. The van der Waals surface area contributed by atoms with E-state index in [1.807, 2.05) is 28.1 Å². The normalized spacial score (nSPS) is 13.0. The van der Waals surface area contributed by atoms with Gasteiger partial charge >= 0.3 is 0 Å². The Morgan fingerprint density at radius 2 is 2.22 bits per heavy atom. The first-order chi connectivity index (χ1) is 8.74. The van der Waals surface area contributed by atoms with Crippen LogP contribution in [0.2, 0.25) is 0 Å². The van der Waals surface area contributed by atoms with E-state index in [1.165, 1.54) is 11.1 Å². The molecule has 2 aromatic heterocycles. The Hall–Kier alpha value is -1.65. The largest absolute Gasteiger partial charge is 0.324 e. The molecular formula is C14H15N3S. The molecule has 2 N–H and O–H groups in total. The third-order valence-electron chi connectivity index (χ3n) is 3.16. The minimum absolute atomic E-state index is 0.0100. The van der Waals surface area contributed by atoms with Crippen LogP contribution in [-0.2, 0) is 6.42 Å². The van der Waals surface area contributed by atoms with Gasteiger partial charge in [-0.05, 0) is 18.1 Å². The lowest BCUT2D eigenvalue weighted by Gasteiger charge is -2.13. The molecule has 0 aliphatic rings. The lowest BCUT2D eigenvalue weighted by molar-refractivity contribution is 0.705. The first-order valence-electron chi connectivity index (χ1n) is 5.96. The molecule has 4 heteroatoms. The fourth-order valence-electron chi connectivity index (χ4n) is 2.21. The highest BCUT2D eigenvalue weighted by Crippen LogP contribution is 2.20. The third-order valence-corrected chi connectivity index (χ3v) is 3.93. The number of nitrogens with zero attached hydrogens (tertiary/aromatic N) is 2. The Labute approximate surface area is 110 Å². The van der Waals surface area contributed by atoms with Gasteiger partial charge in [-0.2, -0.15) is 0 Å². The number of hydrogen-bond acceptors (Lipinski definition) is 3. The maximum absolute atomic E-state index is 6.27. The van der Waals surface area contributed by atoms with Crippen LogP contribution in [0.4, 0.5) is 0 Å². The smallest absolute Gasteiger partial charge is 0.193 e. The second-order valence-corrected chi connectivity index (χ2v) is 5.37. The summed E-state index contributed by atoms with van der Waals surface area (Å²) in [5.74, 6) is 0. The molecule has 0 saturated carbocycles. The van der Waals surface area contributed by atoms with Crippen LogP contribution >= 0.6 is 11.3 Å². The average molecular weight is 257 g/mol. The molecule has 3 aromatic rings. The van der Waals surface area contributed by atoms with Gasteiger partial charge in [-0.3, -0.25) is 4.40 Å². The van der Waals surface area contributed by atoms with Crippen molar-refractivity contribution in [2.45, 2.75) is 19.4 Å². The molecule has 0 aliphatic heterocycles. The molecule has 0 aliphatic carbocycles. The van der Waals surface area contributed by atoms with Crippen LogP contribution in [0.1, 0.15) is 22.9 Å². The van der Waals surface area contributed by atoms with Gasteiger partial charge in [-0.25, -0.2) is 4.98 Å². The quantitative estimate of drug-likeness (QED) is 0.784. The van der Waals surface area contributed by atoms with E-state index in [1.54, 1.807) is 11.3 Å². The number of fused-ring (bicyclic) bond motifs is 1. The third kappa shape index (κ3) is 2.05. The van der Waals surface area contributed by atoms with E-state index in [4.69, 9.17) is 5.73 Å². The topological polar surface area (TPSA) is 43.3 Å². The summed E-state index contributed by atoms with van der Waals surface area (Å²) in [5, 5.41) is 2.04. The lowest BCUT2D eigenvalue weighted by Crippen LogP contribution is -2.14. The number of hydrogen-bond donors (Lipinski definition) is 1. The Morgan fingerprint density at radius 1 is 1.39 bits per heavy atom. The Bertz CT molecular complexity index is 640. The zero-order valence-electron chi connectivity index (χ0n) is 10.2. The minimum atomic E-state index is 0.0100. The van der Waals surface area contributed by atoms with Crippen molar-refractivity contribution < 1.29 is 0 Å². The zero-order chi connectivity index (χ0) is 12.5. The van der Waals surface area contributed by atoms with Crippen molar-refractivity contribution >= 4 is 16.3 Å². The summed E-state index contributed by atoms with van der Waals surface area (Å²) >= 11 is 1.65. The fraction of sp³-hybridized carbons (Fsp3) is 0.214. The number of nitrogens with two attached hydrogens (primary N) is 1. The van der Waals surface area contributed by atoms with Crippen LogP contribution in [-0.4, -0.2) is 9.38 Å². The first-order valence-corrected chi connectivity index (χ1v) is 6.84. The second kappa shape index (κ2) is 4.55. The molecule has 92 valence electrons. The Morgan fingerprint density at radius 3 is 3.00 bits per heavy atom. The molecular weight excluding hydrogens is 242 g/mol. The second-order valence-electron chi connectivity index (χ2n) is 4.49. The van der Waals surface area contributed by atoms with Crippen LogP contribution < -0.4 is 5.73 Å². The number of aryl methyl sites for hydroxylation is 1. The average Bonchev–Trinajstić information content (AvgIpc) is 2.90. The highest BCUT2D eigenvalue weighted by atomic mass is 32.1. The van der Waals surface area contributed by atoms with Crippen LogP contribution in [0.15, 0.2) is 42.0 Å². The van der Waals surface area contributed by atoms with Crippen LogP contribution in [0, 0.1) is 6.92 Å². The maximum Gasteiger partial charge on any atom is 0.193 e. The van der Waals surface area contributed by atoms with Crippen LogP contribution in [0.5, 0.6) is 0 Å². The van der Waals surface area contributed by atoms with Gasteiger partial charge in [0.25, 0.3) is 0 Å². The van der Waals surface area contributed by atoms with Crippen LogP contribution in [0.3, 0.4) is 0 Å². The molecule has 0 spiro atoms. The Balaban J connectivity index is 1.84. The van der Waals surface area contributed by atoms with E-state index in [9.17, 15) is 0 Å². The zero-order valence-corrected chi connectivity index (χ0v) is 11.0. The summed E-state index contributed by atoms with van der Waals surface area (Å²) in [5.41, 5.74) is 9.77. The van der Waals surface area contributed by atoms with Gasteiger partial charge in [-0.1, -0.05) is 24.3 Å². The van der Waals surface area contributed by atoms with Crippen molar-refractivity contribution in [2.24, 2.45) is 5.73 Å². The van der Waals surface area contributed by atoms with Crippen molar-refractivity contribution in [3.63, 3.8) is 0 Å². The van der Waals surface area contributed by atoms with Gasteiger partial charge in [0.15, 0.2) is 4.96 Å². The maximum atomic E-state index is 6.27. The standard InChI is InChI=1S/C14H15N3S/c1-10-4-2-3-5-12(10)13(15)8-11-9-17-6-7-18-14(17)16-11/h2-7,9,13H,8,15H2,1H3. The van der Waals surface area contributed by atoms with E-state index in [0.717, 1.165) is 17.1 Å². The van der Waals surface area contributed by atoms with Crippen molar-refractivity contribution in [1.82, 2.24) is 9.38 Å². The van der Waals surface area contributed by atoms with Crippen molar-refractivity contribution in [2.75, 3.05) is 0 Å². The molecule has 0 radical (unpaired) electrons.